The highest BCUT2D eigenvalue weighted by atomic mass is 16.6. The molecule has 1 aliphatic heterocycles. The molecule has 7 heteroatoms. The second-order valence-electron chi connectivity index (χ2n) is 6.76. The molecule has 1 aromatic rings. The number of rotatable bonds is 2. The van der Waals surface area contributed by atoms with Crippen LogP contribution >= 0.6 is 0 Å². The molecule has 0 radical (unpaired) electrons. The molecule has 126 valence electrons. The van der Waals surface area contributed by atoms with E-state index in [9.17, 15) is 14.7 Å². The fourth-order valence-electron chi connectivity index (χ4n) is 2.63. The maximum atomic E-state index is 12.1. The van der Waals surface area contributed by atoms with Gasteiger partial charge in [0.05, 0.1) is 11.3 Å². The zero-order valence-corrected chi connectivity index (χ0v) is 14.0. The van der Waals surface area contributed by atoms with Gasteiger partial charge in [-0.05, 0) is 40.5 Å². The minimum atomic E-state index is -1.02. The van der Waals surface area contributed by atoms with E-state index in [4.69, 9.17) is 4.74 Å². The number of aromatic carboxylic acids is 1. The largest absolute Gasteiger partial charge is 0.478 e. The van der Waals surface area contributed by atoms with Gasteiger partial charge >= 0.3 is 12.1 Å². The quantitative estimate of drug-likeness (QED) is 0.900. The summed E-state index contributed by atoms with van der Waals surface area (Å²) >= 11 is 0. The normalized spacial score (nSPS) is 16.3. The first-order valence-electron chi connectivity index (χ1n) is 7.72. The maximum absolute atomic E-state index is 12.1. The molecule has 7 nitrogen and oxygen atoms in total. The summed E-state index contributed by atoms with van der Waals surface area (Å²) in [5, 5.41) is 9.29. The molecule has 1 amide bonds. The van der Waals surface area contributed by atoms with E-state index in [1.807, 2.05) is 20.8 Å². The van der Waals surface area contributed by atoms with E-state index in [1.165, 1.54) is 6.20 Å². The SMILES string of the molecule is Cc1ncc(C(=O)O)c(C2CCN(C(=O)OC(C)(C)C)CC2)n1. The molecule has 1 fully saturated rings. The van der Waals surface area contributed by atoms with Gasteiger partial charge in [0, 0.05) is 25.2 Å². The Labute approximate surface area is 135 Å². The molecule has 0 aliphatic carbocycles. The lowest BCUT2D eigenvalue weighted by molar-refractivity contribution is 0.0203. The third kappa shape index (κ3) is 4.40. The molecular weight excluding hydrogens is 298 g/mol. The van der Waals surface area contributed by atoms with Crippen LogP contribution in [0.4, 0.5) is 4.79 Å². The van der Waals surface area contributed by atoms with E-state index >= 15 is 0 Å². The molecule has 0 bridgehead atoms. The van der Waals surface area contributed by atoms with Gasteiger partial charge in [-0.1, -0.05) is 0 Å². The van der Waals surface area contributed by atoms with Crippen molar-refractivity contribution in [2.75, 3.05) is 13.1 Å². The van der Waals surface area contributed by atoms with Crippen LogP contribution in [0.15, 0.2) is 6.20 Å². The van der Waals surface area contributed by atoms with Crippen LogP contribution in [0.5, 0.6) is 0 Å². The number of nitrogens with zero attached hydrogens (tertiary/aromatic N) is 3. The lowest BCUT2D eigenvalue weighted by Gasteiger charge is -2.33. The van der Waals surface area contributed by atoms with Crippen LogP contribution < -0.4 is 0 Å². The number of carbonyl (C=O) groups excluding carboxylic acids is 1. The molecule has 0 spiro atoms. The van der Waals surface area contributed by atoms with Crippen LogP contribution in [-0.2, 0) is 4.74 Å². The van der Waals surface area contributed by atoms with Crippen LogP contribution in [0, 0.1) is 6.92 Å². The van der Waals surface area contributed by atoms with Crippen molar-refractivity contribution in [2.24, 2.45) is 0 Å². The fraction of sp³-hybridized carbons (Fsp3) is 0.625. The summed E-state index contributed by atoms with van der Waals surface area (Å²) in [6.45, 7) is 8.30. The van der Waals surface area contributed by atoms with Crippen LogP contribution in [-0.4, -0.2) is 50.7 Å². The standard InChI is InChI=1S/C16H23N3O4/c1-10-17-9-12(14(20)21)13(18-10)11-5-7-19(8-6-11)15(22)23-16(2,3)4/h9,11H,5-8H2,1-4H3,(H,20,21). The van der Waals surface area contributed by atoms with Crippen molar-refractivity contribution in [3.8, 4) is 0 Å². The Morgan fingerprint density at radius 3 is 2.43 bits per heavy atom. The highest BCUT2D eigenvalue weighted by Crippen LogP contribution is 2.29. The molecule has 0 saturated carbocycles. The molecular formula is C16H23N3O4. The summed E-state index contributed by atoms with van der Waals surface area (Å²) < 4.78 is 5.37. The molecule has 0 unspecified atom stereocenters. The summed E-state index contributed by atoms with van der Waals surface area (Å²) in [6.07, 6.45) is 2.36. The van der Waals surface area contributed by atoms with Gasteiger partial charge in [-0.2, -0.15) is 0 Å². The van der Waals surface area contributed by atoms with Crippen molar-refractivity contribution in [3.05, 3.63) is 23.3 Å². The number of carbonyl (C=O) groups is 2. The molecule has 2 heterocycles. The zero-order valence-electron chi connectivity index (χ0n) is 14.0. The van der Waals surface area contributed by atoms with Gasteiger partial charge in [0.25, 0.3) is 0 Å². The summed E-state index contributed by atoms with van der Waals surface area (Å²) in [6, 6.07) is 0. The van der Waals surface area contributed by atoms with Gasteiger partial charge in [-0.25, -0.2) is 19.6 Å². The van der Waals surface area contributed by atoms with Crippen molar-refractivity contribution in [3.63, 3.8) is 0 Å². The Morgan fingerprint density at radius 1 is 1.30 bits per heavy atom. The van der Waals surface area contributed by atoms with E-state index in [-0.39, 0.29) is 17.6 Å². The van der Waals surface area contributed by atoms with Gasteiger partial charge in [-0.15, -0.1) is 0 Å². The second-order valence-corrected chi connectivity index (χ2v) is 6.76. The first-order valence-corrected chi connectivity index (χ1v) is 7.72. The smallest absolute Gasteiger partial charge is 0.410 e. The number of aryl methyl sites for hydroxylation is 1. The highest BCUT2D eigenvalue weighted by molar-refractivity contribution is 5.88. The lowest BCUT2D eigenvalue weighted by atomic mass is 9.91. The number of ether oxygens (including phenoxy) is 1. The highest BCUT2D eigenvalue weighted by Gasteiger charge is 2.30. The third-order valence-corrected chi connectivity index (χ3v) is 3.70. The van der Waals surface area contributed by atoms with E-state index in [1.54, 1.807) is 11.8 Å². The molecule has 2 rings (SSSR count). The van der Waals surface area contributed by atoms with Crippen LogP contribution in [0.3, 0.4) is 0 Å². The van der Waals surface area contributed by atoms with Gasteiger partial charge in [0.15, 0.2) is 0 Å². The van der Waals surface area contributed by atoms with Crippen LogP contribution in [0.2, 0.25) is 0 Å². The van der Waals surface area contributed by atoms with E-state index < -0.39 is 11.6 Å². The van der Waals surface area contributed by atoms with E-state index in [2.05, 4.69) is 9.97 Å². The molecule has 0 atom stereocenters. The van der Waals surface area contributed by atoms with Crippen molar-refractivity contribution in [1.29, 1.82) is 0 Å². The van der Waals surface area contributed by atoms with E-state index in [0.29, 0.717) is 37.4 Å². The Kier molecular flexibility index (Phi) is 4.87. The van der Waals surface area contributed by atoms with Gasteiger partial charge < -0.3 is 14.7 Å². The van der Waals surface area contributed by atoms with Gasteiger partial charge in [-0.3, -0.25) is 0 Å². The molecule has 0 aromatic carbocycles. The van der Waals surface area contributed by atoms with Crippen molar-refractivity contribution in [1.82, 2.24) is 14.9 Å². The number of hydrogen-bond acceptors (Lipinski definition) is 5. The van der Waals surface area contributed by atoms with Crippen LogP contribution in [0.1, 0.15) is 61.4 Å². The average Bonchev–Trinajstić information content (AvgIpc) is 2.45. The Bertz CT molecular complexity index is 602. The molecule has 1 saturated heterocycles. The van der Waals surface area contributed by atoms with E-state index in [0.717, 1.165) is 0 Å². The Morgan fingerprint density at radius 2 is 1.91 bits per heavy atom. The zero-order chi connectivity index (χ0) is 17.2. The first-order chi connectivity index (χ1) is 10.7. The second kappa shape index (κ2) is 6.52. The number of carboxylic acids is 1. The third-order valence-electron chi connectivity index (χ3n) is 3.70. The molecule has 1 aromatic heterocycles. The minimum absolute atomic E-state index is 0.0153. The predicted octanol–water partition coefficient (Wildman–Crippen LogP) is 2.60. The molecule has 1 aliphatic rings. The Balaban J connectivity index is 2.06. The molecule has 23 heavy (non-hydrogen) atoms. The van der Waals surface area contributed by atoms with Gasteiger partial charge in [0.2, 0.25) is 0 Å². The van der Waals surface area contributed by atoms with Crippen LogP contribution in [0.25, 0.3) is 0 Å². The number of hydrogen-bond donors (Lipinski definition) is 1. The number of carboxylic acid groups (broad SMARTS) is 1. The van der Waals surface area contributed by atoms with Crippen molar-refractivity contribution >= 4 is 12.1 Å². The minimum Gasteiger partial charge on any atom is -0.478 e. The number of amides is 1. The Hall–Kier alpha value is -2.18. The lowest BCUT2D eigenvalue weighted by Crippen LogP contribution is -2.41. The summed E-state index contributed by atoms with van der Waals surface area (Å²) in [7, 11) is 0. The fourth-order valence-corrected chi connectivity index (χ4v) is 2.63. The topological polar surface area (TPSA) is 92.6 Å². The summed E-state index contributed by atoms with van der Waals surface area (Å²) in [5.41, 5.74) is 0.189. The average molecular weight is 321 g/mol. The van der Waals surface area contributed by atoms with Crippen molar-refractivity contribution in [2.45, 2.75) is 52.1 Å². The molecule has 1 N–H and O–H groups in total. The summed E-state index contributed by atoms with van der Waals surface area (Å²) in [5.74, 6) is -0.448. The van der Waals surface area contributed by atoms with Gasteiger partial charge in [0.1, 0.15) is 11.4 Å². The number of likely N-dealkylation sites (tertiary alicyclic amines) is 1. The monoisotopic (exact) mass is 321 g/mol. The number of aromatic nitrogens is 2. The van der Waals surface area contributed by atoms with Crippen molar-refractivity contribution < 1.29 is 19.4 Å². The summed E-state index contributed by atoms with van der Waals surface area (Å²) in [4.78, 5) is 33.4. The first kappa shape index (κ1) is 17.2. The number of piperidine rings is 1. The maximum Gasteiger partial charge on any atom is 0.410 e. The predicted molar refractivity (Wildman–Crippen MR) is 83.5 cm³/mol.